The third-order valence-corrected chi connectivity index (χ3v) is 6.04. The quantitative estimate of drug-likeness (QED) is 0.565. The Morgan fingerprint density at radius 3 is 2.64 bits per heavy atom. The molecule has 0 saturated heterocycles. The van der Waals surface area contributed by atoms with Crippen molar-refractivity contribution in [3.8, 4) is 10.6 Å². The van der Waals surface area contributed by atoms with Crippen molar-refractivity contribution in [1.82, 2.24) is 14.9 Å². The lowest BCUT2D eigenvalue weighted by atomic mass is 10.0. The highest BCUT2D eigenvalue weighted by Crippen LogP contribution is 2.30. The van der Waals surface area contributed by atoms with E-state index in [1.54, 1.807) is 17.5 Å². The molecule has 1 aromatic carbocycles. The molecule has 0 aliphatic heterocycles. The molecule has 0 bridgehead atoms. The van der Waals surface area contributed by atoms with Gasteiger partial charge in [0.15, 0.2) is 0 Å². The number of thiazole rings is 1. The molecule has 5 heteroatoms. The zero-order chi connectivity index (χ0) is 19.5. The number of carbonyl (C=O) groups is 1. The Kier molecular flexibility index (Phi) is 5.53. The highest BCUT2D eigenvalue weighted by Gasteiger charge is 2.32. The van der Waals surface area contributed by atoms with E-state index >= 15 is 0 Å². The molecule has 2 aromatic heterocycles. The lowest BCUT2D eigenvalue weighted by Gasteiger charge is -2.22. The molecular formula is C23H25N3OS. The van der Waals surface area contributed by atoms with Gasteiger partial charge >= 0.3 is 0 Å². The van der Waals surface area contributed by atoms with Gasteiger partial charge in [0.05, 0.1) is 12.1 Å². The van der Waals surface area contributed by atoms with Crippen LogP contribution in [0.25, 0.3) is 10.6 Å². The zero-order valence-electron chi connectivity index (χ0n) is 16.3. The number of amides is 1. The van der Waals surface area contributed by atoms with Crippen molar-refractivity contribution in [2.75, 3.05) is 0 Å². The number of hydrogen-bond acceptors (Lipinski definition) is 4. The highest BCUT2D eigenvalue weighted by atomic mass is 32.1. The maximum absolute atomic E-state index is 13.0. The van der Waals surface area contributed by atoms with E-state index in [0.29, 0.717) is 24.9 Å². The lowest BCUT2D eigenvalue weighted by molar-refractivity contribution is -0.131. The van der Waals surface area contributed by atoms with Gasteiger partial charge in [0.2, 0.25) is 5.91 Å². The fraction of sp³-hybridized carbons (Fsp3) is 0.348. The number of hydrogen-bond donors (Lipinski definition) is 0. The maximum atomic E-state index is 13.0. The third kappa shape index (κ3) is 4.47. The number of pyridine rings is 1. The van der Waals surface area contributed by atoms with Gasteiger partial charge in [0, 0.05) is 35.9 Å². The average Bonchev–Trinajstić information content (AvgIpc) is 3.45. The SMILES string of the molecule is CC(C)c1ccc(CN(C(=O)Cc2csc(-c3cccnc3)n2)C2CC2)cc1. The van der Waals surface area contributed by atoms with Crippen LogP contribution in [0.2, 0.25) is 0 Å². The molecule has 144 valence electrons. The van der Waals surface area contributed by atoms with Crippen molar-refractivity contribution in [3.63, 3.8) is 0 Å². The first-order valence-corrected chi connectivity index (χ1v) is 10.7. The molecule has 0 atom stereocenters. The van der Waals surface area contributed by atoms with E-state index in [1.807, 2.05) is 28.6 Å². The average molecular weight is 392 g/mol. The van der Waals surface area contributed by atoms with Gasteiger partial charge in [-0.1, -0.05) is 38.1 Å². The molecule has 2 heterocycles. The first-order chi connectivity index (χ1) is 13.6. The van der Waals surface area contributed by atoms with Crippen LogP contribution in [0.3, 0.4) is 0 Å². The number of rotatable bonds is 7. The Morgan fingerprint density at radius 2 is 2.00 bits per heavy atom. The molecule has 4 rings (SSSR count). The fourth-order valence-corrected chi connectivity index (χ4v) is 4.09. The first kappa shape index (κ1) is 18.8. The molecule has 4 nitrogen and oxygen atoms in total. The fourth-order valence-electron chi connectivity index (χ4n) is 3.28. The number of carbonyl (C=O) groups excluding carboxylic acids is 1. The van der Waals surface area contributed by atoms with Crippen LogP contribution in [0.15, 0.2) is 54.2 Å². The molecule has 0 unspecified atom stereocenters. The second-order valence-corrected chi connectivity index (χ2v) is 8.57. The van der Waals surface area contributed by atoms with E-state index in [9.17, 15) is 4.79 Å². The van der Waals surface area contributed by atoms with Crippen LogP contribution < -0.4 is 0 Å². The highest BCUT2D eigenvalue weighted by molar-refractivity contribution is 7.13. The van der Waals surface area contributed by atoms with Gasteiger partial charge in [-0.3, -0.25) is 9.78 Å². The molecule has 1 aliphatic carbocycles. The topological polar surface area (TPSA) is 46.1 Å². The van der Waals surface area contributed by atoms with E-state index in [2.05, 4.69) is 48.1 Å². The number of benzene rings is 1. The van der Waals surface area contributed by atoms with Crippen molar-refractivity contribution >= 4 is 17.2 Å². The smallest absolute Gasteiger partial charge is 0.229 e. The Hall–Kier alpha value is -2.53. The van der Waals surface area contributed by atoms with Crippen LogP contribution in [0.1, 0.15) is 49.4 Å². The van der Waals surface area contributed by atoms with Gasteiger partial charge in [-0.2, -0.15) is 0 Å². The van der Waals surface area contributed by atoms with Crippen LogP contribution in [0, 0.1) is 0 Å². The zero-order valence-corrected chi connectivity index (χ0v) is 17.2. The predicted molar refractivity (Wildman–Crippen MR) is 113 cm³/mol. The van der Waals surface area contributed by atoms with Crippen LogP contribution in [0.4, 0.5) is 0 Å². The molecular weight excluding hydrogens is 366 g/mol. The minimum Gasteiger partial charge on any atom is -0.335 e. The molecule has 0 radical (unpaired) electrons. The summed E-state index contributed by atoms with van der Waals surface area (Å²) in [7, 11) is 0. The lowest BCUT2D eigenvalue weighted by Crippen LogP contribution is -2.33. The van der Waals surface area contributed by atoms with Crippen LogP contribution >= 0.6 is 11.3 Å². The van der Waals surface area contributed by atoms with E-state index in [4.69, 9.17) is 0 Å². The molecule has 1 fully saturated rings. The minimum absolute atomic E-state index is 0.165. The van der Waals surface area contributed by atoms with Crippen LogP contribution in [-0.4, -0.2) is 26.8 Å². The van der Waals surface area contributed by atoms with Crippen molar-refractivity contribution < 1.29 is 4.79 Å². The summed E-state index contributed by atoms with van der Waals surface area (Å²) in [5.41, 5.74) is 4.36. The summed E-state index contributed by atoms with van der Waals surface area (Å²) in [4.78, 5) is 23.8. The summed E-state index contributed by atoms with van der Waals surface area (Å²) < 4.78 is 0. The summed E-state index contributed by atoms with van der Waals surface area (Å²) >= 11 is 1.57. The van der Waals surface area contributed by atoms with E-state index in [1.165, 1.54) is 11.1 Å². The number of nitrogens with zero attached hydrogens (tertiary/aromatic N) is 3. The predicted octanol–water partition coefficient (Wildman–Crippen LogP) is 5.06. The van der Waals surface area contributed by atoms with Gasteiger partial charge in [0.1, 0.15) is 5.01 Å². The second-order valence-electron chi connectivity index (χ2n) is 7.71. The molecule has 1 saturated carbocycles. The summed E-state index contributed by atoms with van der Waals surface area (Å²) in [6.45, 7) is 5.08. The molecule has 3 aromatic rings. The van der Waals surface area contributed by atoms with Gasteiger partial charge in [-0.25, -0.2) is 4.98 Å². The summed E-state index contributed by atoms with van der Waals surface area (Å²) in [6.07, 6.45) is 6.13. The third-order valence-electron chi connectivity index (χ3n) is 5.10. The van der Waals surface area contributed by atoms with Crippen molar-refractivity contribution in [2.24, 2.45) is 0 Å². The molecule has 0 spiro atoms. The Balaban J connectivity index is 1.44. The summed E-state index contributed by atoms with van der Waals surface area (Å²) in [5, 5.41) is 2.90. The standard InChI is InChI=1S/C23H25N3OS/c1-16(2)18-7-5-17(6-8-18)14-26(21-9-10-21)22(27)12-20-15-28-23(25-20)19-4-3-11-24-13-19/h3-8,11,13,15-16,21H,9-10,12,14H2,1-2H3. The Morgan fingerprint density at radius 1 is 1.21 bits per heavy atom. The van der Waals surface area contributed by atoms with Gasteiger partial charge < -0.3 is 4.90 Å². The van der Waals surface area contributed by atoms with Crippen molar-refractivity contribution in [2.45, 2.75) is 51.6 Å². The normalized spacial score (nSPS) is 13.7. The minimum atomic E-state index is 0.165. The molecule has 0 N–H and O–H groups in total. The molecule has 1 amide bonds. The largest absolute Gasteiger partial charge is 0.335 e. The van der Waals surface area contributed by atoms with Crippen molar-refractivity contribution in [1.29, 1.82) is 0 Å². The second kappa shape index (κ2) is 8.23. The monoisotopic (exact) mass is 391 g/mol. The molecule has 28 heavy (non-hydrogen) atoms. The van der Waals surface area contributed by atoms with E-state index < -0.39 is 0 Å². The summed E-state index contributed by atoms with van der Waals surface area (Å²) in [5.74, 6) is 0.687. The van der Waals surface area contributed by atoms with Crippen molar-refractivity contribution in [3.05, 3.63) is 71.0 Å². The van der Waals surface area contributed by atoms with Gasteiger partial charge in [0.25, 0.3) is 0 Å². The molecule has 1 aliphatic rings. The maximum Gasteiger partial charge on any atom is 0.229 e. The Bertz CT molecular complexity index is 930. The summed E-state index contributed by atoms with van der Waals surface area (Å²) in [6, 6.07) is 12.9. The van der Waals surface area contributed by atoms with Gasteiger partial charge in [-0.15, -0.1) is 11.3 Å². The van der Waals surface area contributed by atoms with Crippen LogP contribution in [0.5, 0.6) is 0 Å². The van der Waals surface area contributed by atoms with Gasteiger partial charge in [-0.05, 0) is 42.0 Å². The van der Waals surface area contributed by atoms with E-state index in [-0.39, 0.29) is 5.91 Å². The number of aromatic nitrogens is 2. The van der Waals surface area contributed by atoms with Crippen LogP contribution in [-0.2, 0) is 17.8 Å². The Labute approximate surface area is 170 Å². The first-order valence-electron chi connectivity index (χ1n) is 9.83. The van der Waals surface area contributed by atoms with E-state index in [0.717, 1.165) is 29.1 Å².